The van der Waals surface area contributed by atoms with Crippen LogP contribution in [0.5, 0.6) is 0 Å². The van der Waals surface area contributed by atoms with Crippen molar-refractivity contribution in [3.63, 3.8) is 0 Å². The fourth-order valence-corrected chi connectivity index (χ4v) is 4.52. The molecule has 0 fully saturated rings. The molecule has 1 N–H and O–H groups in total. The van der Waals surface area contributed by atoms with Gasteiger partial charge in [-0.15, -0.1) is 0 Å². The average molecular weight is 493 g/mol. The van der Waals surface area contributed by atoms with Crippen LogP contribution in [0.15, 0.2) is 48.5 Å². The van der Waals surface area contributed by atoms with Crippen molar-refractivity contribution in [3.8, 4) is 0 Å². The van der Waals surface area contributed by atoms with Crippen LogP contribution in [0.4, 0.5) is 11.4 Å². The van der Waals surface area contributed by atoms with Crippen LogP contribution in [0, 0.1) is 10.1 Å². The summed E-state index contributed by atoms with van der Waals surface area (Å²) >= 11 is 0. The van der Waals surface area contributed by atoms with Gasteiger partial charge in [-0.1, -0.05) is 128 Å². The maximum absolute atomic E-state index is 10.7. The monoisotopic (exact) mass is 492 g/mol. The van der Waals surface area contributed by atoms with Gasteiger partial charge >= 0.3 is 0 Å². The van der Waals surface area contributed by atoms with Crippen LogP contribution >= 0.6 is 0 Å². The van der Waals surface area contributed by atoms with Crippen molar-refractivity contribution in [1.82, 2.24) is 0 Å². The highest BCUT2D eigenvalue weighted by atomic mass is 16.6. The van der Waals surface area contributed by atoms with Gasteiger partial charge in [0.1, 0.15) is 0 Å². The van der Waals surface area contributed by atoms with Crippen molar-refractivity contribution in [2.24, 2.45) is 0 Å². The standard InChI is InChI=1S/C32H48N2O2/c1-2-3-4-5-6-7-8-9-10-11-12-13-14-15-16-17-28-33-31-24-20-29(21-25-31)18-19-30-22-26-32(27-23-30)34(35)36/h18-27,33H,2-17,28H2,1H3/b19-18+. The van der Waals surface area contributed by atoms with E-state index >= 15 is 0 Å². The van der Waals surface area contributed by atoms with Gasteiger partial charge in [0.05, 0.1) is 4.92 Å². The van der Waals surface area contributed by atoms with Crippen LogP contribution < -0.4 is 5.32 Å². The van der Waals surface area contributed by atoms with Crippen molar-refractivity contribution in [3.05, 3.63) is 69.8 Å². The molecule has 36 heavy (non-hydrogen) atoms. The first-order chi connectivity index (χ1) is 17.7. The summed E-state index contributed by atoms with van der Waals surface area (Å²) in [6.07, 6.45) is 26.4. The Labute approximate surface area is 219 Å². The van der Waals surface area contributed by atoms with E-state index in [0.29, 0.717) is 0 Å². The molecule has 0 aliphatic rings. The summed E-state index contributed by atoms with van der Waals surface area (Å²) in [7, 11) is 0. The van der Waals surface area contributed by atoms with E-state index in [-0.39, 0.29) is 10.6 Å². The summed E-state index contributed by atoms with van der Waals surface area (Å²) in [6, 6.07) is 15.0. The number of benzene rings is 2. The predicted molar refractivity (Wildman–Crippen MR) is 157 cm³/mol. The SMILES string of the molecule is CCCCCCCCCCCCCCCCCCNc1ccc(/C=C/c2ccc([N+](=O)[O-])cc2)cc1. The minimum atomic E-state index is -0.376. The van der Waals surface area contributed by atoms with Crippen molar-refractivity contribution >= 4 is 23.5 Å². The third-order valence-corrected chi connectivity index (χ3v) is 6.84. The number of hydrogen-bond donors (Lipinski definition) is 1. The summed E-state index contributed by atoms with van der Waals surface area (Å²) < 4.78 is 0. The molecule has 0 aliphatic heterocycles. The van der Waals surface area contributed by atoms with E-state index in [2.05, 4.69) is 36.5 Å². The number of unbranched alkanes of at least 4 members (excludes halogenated alkanes) is 15. The molecule has 0 saturated heterocycles. The molecule has 0 heterocycles. The maximum Gasteiger partial charge on any atom is 0.269 e. The molecule has 0 aliphatic carbocycles. The second-order valence-electron chi connectivity index (χ2n) is 10.0. The number of nitro groups is 1. The Balaban J connectivity index is 1.42. The fraction of sp³-hybridized carbons (Fsp3) is 0.562. The van der Waals surface area contributed by atoms with Crippen molar-refractivity contribution in [2.45, 2.75) is 110 Å². The highest BCUT2D eigenvalue weighted by Gasteiger charge is 2.02. The Morgan fingerprint density at radius 3 is 1.42 bits per heavy atom. The zero-order valence-electron chi connectivity index (χ0n) is 22.6. The summed E-state index contributed by atoms with van der Waals surface area (Å²) in [5, 5.41) is 14.3. The summed E-state index contributed by atoms with van der Waals surface area (Å²) in [5.74, 6) is 0. The van der Waals surface area contributed by atoms with E-state index in [9.17, 15) is 10.1 Å². The Kier molecular flexibility index (Phi) is 16.1. The van der Waals surface area contributed by atoms with E-state index in [1.807, 2.05) is 12.2 Å². The smallest absolute Gasteiger partial charge is 0.269 e. The van der Waals surface area contributed by atoms with Gasteiger partial charge in [-0.05, 0) is 41.8 Å². The van der Waals surface area contributed by atoms with E-state index in [4.69, 9.17) is 0 Å². The number of nitrogens with zero attached hydrogens (tertiary/aromatic N) is 1. The largest absolute Gasteiger partial charge is 0.385 e. The van der Waals surface area contributed by atoms with E-state index in [1.165, 1.54) is 115 Å². The van der Waals surface area contributed by atoms with Gasteiger partial charge in [0, 0.05) is 24.4 Å². The van der Waals surface area contributed by atoms with E-state index in [0.717, 1.165) is 23.4 Å². The molecule has 4 heteroatoms. The minimum absolute atomic E-state index is 0.118. The fourth-order valence-electron chi connectivity index (χ4n) is 4.52. The highest BCUT2D eigenvalue weighted by Crippen LogP contribution is 2.17. The van der Waals surface area contributed by atoms with E-state index in [1.54, 1.807) is 12.1 Å². The van der Waals surface area contributed by atoms with Crippen LogP contribution in [-0.4, -0.2) is 11.5 Å². The lowest BCUT2D eigenvalue weighted by Gasteiger charge is -2.07. The molecule has 2 aromatic carbocycles. The van der Waals surface area contributed by atoms with E-state index < -0.39 is 0 Å². The van der Waals surface area contributed by atoms with Crippen LogP contribution in [0.25, 0.3) is 12.2 Å². The van der Waals surface area contributed by atoms with Gasteiger partial charge in [-0.3, -0.25) is 10.1 Å². The lowest BCUT2D eigenvalue weighted by atomic mass is 10.0. The summed E-state index contributed by atoms with van der Waals surface area (Å²) in [5.41, 5.74) is 3.34. The van der Waals surface area contributed by atoms with Gasteiger partial charge in [-0.25, -0.2) is 0 Å². The van der Waals surface area contributed by atoms with Gasteiger partial charge < -0.3 is 5.32 Å². The molecule has 198 valence electrons. The van der Waals surface area contributed by atoms with Gasteiger partial charge in [0.2, 0.25) is 0 Å². The molecular formula is C32H48N2O2. The number of anilines is 1. The Morgan fingerprint density at radius 1 is 0.611 bits per heavy atom. The third kappa shape index (κ3) is 14.1. The zero-order valence-corrected chi connectivity index (χ0v) is 22.6. The Bertz CT molecular complexity index is 843. The van der Waals surface area contributed by atoms with Crippen LogP contribution in [0.3, 0.4) is 0 Å². The molecule has 4 nitrogen and oxygen atoms in total. The molecule has 0 bridgehead atoms. The Morgan fingerprint density at radius 2 is 1.00 bits per heavy atom. The van der Waals surface area contributed by atoms with Crippen LogP contribution in [0.2, 0.25) is 0 Å². The number of hydrogen-bond acceptors (Lipinski definition) is 3. The molecular weight excluding hydrogens is 444 g/mol. The van der Waals surface area contributed by atoms with Crippen molar-refractivity contribution < 1.29 is 4.92 Å². The maximum atomic E-state index is 10.7. The molecule has 0 aromatic heterocycles. The average Bonchev–Trinajstić information content (AvgIpc) is 2.90. The first-order valence-electron chi connectivity index (χ1n) is 14.5. The highest BCUT2D eigenvalue weighted by molar-refractivity contribution is 5.70. The third-order valence-electron chi connectivity index (χ3n) is 6.84. The normalized spacial score (nSPS) is 11.2. The number of nitrogens with one attached hydrogen (secondary N) is 1. The number of non-ortho nitro benzene ring substituents is 1. The van der Waals surface area contributed by atoms with Crippen LogP contribution in [-0.2, 0) is 0 Å². The van der Waals surface area contributed by atoms with Crippen molar-refractivity contribution in [2.75, 3.05) is 11.9 Å². The first-order valence-corrected chi connectivity index (χ1v) is 14.5. The summed E-state index contributed by atoms with van der Waals surface area (Å²) in [4.78, 5) is 10.4. The van der Waals surface area contributed by atoms with Crippen molar-refractivity contribution in [1.29, 1.82) is 0 Å². The molecule has 0 unspecified atom stereocenters. The van der Waals surface area contributed by atoms with Crippen LogP contribution in [0.1, 0.15) is 121 Å². The second-order valence-corrected chi connectivity index (χ2v) is 10.0. The summed E-state index contributed by atoms with van der Waals surface area (Å²) in [6.45, 7) is 3.31. The lowest BCUT2D eigenvalue weighted by molar-refractivity contribution is -0.384. The lowest BCUT2D eigenvalue weighted by Crippen LogP contribution is -2.01. The van der Waals surface area contributed by atoms with Gasteiger partial charge in [0.25, 0.3) is 5.69 Å². The molecule has 0 saturated carbocycles. The molecule has 2 rings (SSSR count). The second kappa shape index (κ2) is 19.6. The topological polar surface area (TPSA) is 55.2 Å². The molecule has 0 amide bonds. The quantitative estimate of drug-likeness (QED) is 0.0816. The van der Waals surface area contributed by atoms with Gasteiger partial charge in [0.15, 0.2) is 0 Å². The molecule has 2 aromatic rings. The number of nitro benzene ring substituents is 1. The Hall–Kier alpha value is -2.62. The molecule has 0 spiro atoms. The first kappa shape index (κ1) is 29.6. The molecule has 0 atom stereocenters. The zero-order chi connectivity index (χ0) is 25.7. The predicted octanol–water partition coefficient (Wildman–Crippen LogP) is 10.4. The van der Waals surface area contributed by atoms with Gasteiger partial charge in [-0.2, -0.15) is 0 Å². The molecule has 0 radical (unpaired) electrons. The number of rotatable bonds is 21. The minimum Gasteiger partial charge on any atom is -0.385 e.